The van der Waals surface area contributed by atoms with E-state index < -0.39 is 0 Å². The van der Waals surface area contributed by atoms with Crippen LogP contribution in [0, 0.1) is 5.92 Å². The number of carbonyl (C=O) groups excluding carboxylic acids is 2. The molecule has 1 heterocycles. The van der Waals surface area contributed by atoms with Crippen LogP contribution >= 0.6 is 0 Å². The third kappa shape index (κ3) is 8.23. The molecule has 10 heteroatoms. The van der Waals surface area contributed by atoms with Crippen LogP contribution < -0.4 is 5.32 Å². The largest absolute Gasteiger partial charge is 0.382 e. The average molecular weight is 589 g/mol. The lowest BCUT2D eigenvalue weighted by Gasteiger charge is -2.51. The summed E-state index contributed by atoms with van der Waals surface area (Å²) in [4.78, 5) is 32.9. The van der Waals surface area contributed by atoms with Gasteiger partial charge in [-0.15, -0.1) is 0 Å². The van der Waals surface area contributed by atoms with Crippen molar-refractivity contribution in [1.82, 2.24) is 20.0 Å². The Morgan fingerprint density at radius 1 is 0.929 bits per heavy atom. The van der Waals surface area contributed by atoms with Gasteiger partial charge in [-0.25, -0.2) is 4.79 Å². The molecular formula is C32H52N4O6. The number of nitrogens with one attached hydrogen (secondary N) is 1. The molecule has 0 atom stereocenters. The minimum Gasteiger partial charge on any atom is -0.382 e. The van der Waals surface area contributed by atoms with Crippen molar-refractivity contribution in [1.29, 1.82) is 0 Å². The van der Waals surface area contributed by atoms with Crippen molar-refractivity contribution in [2.24, 2.45) is 5.92 Å². The molecule has 1 aliphatic heterocycles. The number of carbonyl (C=O) groups is 2. The third-order valence-corrected chi connectivity index (χ3v) is 9.48. The van der Waals surface area contributed by atoms with E-state index in [0.717, 1.165) is 32.2 Å². The zero-order valence-corrected chi connectivity index (χ0v) is 26.0. The Hall–Kier alpha value is -2.24. The van der Waals surface area contributed by atoms with Crippen molar-refractivity contribution in [3.63, 3.8) is 0 Å². The van der Waals surface area contributed by atoms with E-state index in [1.54, 1.807) is 12.0 Å². The predicted molar refractivity (Wildman–Crippen MR) is 161 cm³/mol. The van der Waals surface area contributed by atoms with Gasteiger partial charge in [-0.1, -0.05) is 36.8 Å². The number of hydrogen-bond donors (Lipinski definition) is 1. The first-order valence-corrected chi connectivity index (χ1v) is 15.7. The van der Waals surface area contributed by atoms with Crippen LogP contribution in [0.4, 0.5) is 4.79 Å². The number of urea groups is 1. The maximum absolute atomic E-state index is 13.7. The van der Waals surface area contributed by atoms with Crippen LogP contribution in [0.2, 0.25) is 0 Å². The van der Waals surface area contributed by atoms with E-state index in [1.165, 1.54) is 24.8 Å². The number of hydrogen-bond acceptors (Lipinski definition) is 7. The maximum Gasteiger partial charge on any atom is 0.321 e. The lowest BCUT2D eigenvalue weighted by Crippen LogP contribution is -2.56. The zero-order valence-electron chi connectivity index (χ0n) is 26.0. The van der Waals surface area contributed by atoms with Crippen LogP contribution in [0.3, 0.4) is 0 Å². The lowest BCUT2D eigenvalue weighted by molar-refractivity contribution is -0.121. The quantitative estimate of drug-likeness (QED) is 0.264. The van der Waals surface area contributed by atoms with Crippen LogP contribution in [0.15, 0.2) is 30.3 Å². The van der Waals surface area contributed by atoms with Gasteiger partial charge in [-0.3, -0.25) is 9.69 Å². The minimum absolute atomic E-state index is 0.0220. The molecule has 0 bridgehead atoms. The van der Waals surface area contributed by atoms with E-state index in [2.05, 4.69) is 59.5 Å². The highest BCUT2D eigenvalue weighted by atomic mass is 16.6. The summed E-state index contributed by atoms with van der Waals surface area (Å²) in [6.07, 6.45) is 7.48. The molecule has 0 unspecified atom stereocenters. The van der Waals surface area contributed by atoms with Crippen LogP contribution in [0.25, 0.3) is 0 Å². The summed E-state index contributed by atoms with van der Waals surface area (Å²) >= 11 is 0. The van der Waals surface area contributed by atoms with Gasteiger partial charge in [0.15, 0.2) is 0 Å². The molecule has 1 aromatic rings. The van der Waals surface area contributed by atoms with E-state index in [-0.39, 0.29) is 29.6 Å². The summed E-state index contributed by atoms with van der Waals surface area (Å²) in [5.74, 6) is 0.443. The highest BCUT2D eigenvalue weighted by Gasteiger charge is 2.55. The Labute approximate surface area is 252 Å². The topological polar surface area (TPSA) is 92.8 Å². The molecule has 3 fully saturated rings. The fourth-order valence-electron chi connectivity index (χ4n) is 6.69. The summed E-state index contributed by atoms with van der Waals surface area (Å²) in [6, 6.07) is 10.8. The van der Waals surface area contributed by atoms with Crippen molar-refractivity contribution < 1.29 is 28.5 Å². The predicted octanol–water partition coefficient (Wildman–Crippen LogP) is 3.11. The number of rotatable bonds is 18. The molecule has 1 aromatic carbocycles. The molecule has 0 radical (unpaired) electrons. The normalized spacial score (nSPS) is 24.5. The van der Waals surface area contributed by atoms with Crippen molar-refractivity contribution in [2.75, 3.05) is 93.6 Å². The summed E-state index contributed by atoms with van der Waals surface area (Å²) in [6.45, 7) is 5.42. The first-order valence-electron chi connectivity index (χ1n) is 15.7. The molecule has 2 saturated carbocycles. The standard InChI is InChI=1S/C32H52N4O6/c1-34(2)32(28-10-5-4-6-11-28)14-12-31(13-15-32)26-35(30(38)36(31)24-27-8-7-9-27)25-29(37)33-16-17-40-20-21-42-23-22-41-19-18-39-3/h4-6,10-11,27H,7-9,12-26H2,1-3H3,(H,33,37). The molecule has 236 valence electrons. The van der Waals surface area contributed by atoms with Crippen molar-refractivity contribution in [3.05, 3.63) is 35.9 Å². The van der Waals surface area contributed by atoms with Gasteiger partial charge in [-0.05, 0) is 64.1 Å². The molecule has 3 aliphatic rings. The molecule has 2 aliphatic carbocycles. The van der Waals surface area contributed by atoms with Crippen molar-refractivity contribution in [2.45, 2.75) is 56.0 Å². The monoisotopic (exact) mass is 588 g/mol. The number of amides is 3. The first-order chi connectivity index (χ1) is 20.4. The molecule has 1 saturated heterocycles. The molecule has 4 rings (SSSR count). The molecular weight excluding hydrogens is 536 g/mol. The molecule has 42 heavy (non-hydrogen) atoms. The third-order valence-electron chi connectivity index (χ3n) is 9.48. The summed E-state index contributed by atoms with van der Waals surface area (Å²) < 4.78 is 21.3. The SMILES string of the molecule is COCCOCCOCCOCCNC(=O)CN1CC2(CCC(c3ccccc3)(N(C)C)CC2)N(CC2CCC2)C1=O. The Kier molecular flexibility index (Phi) is 12.5. The maximum atomic E-state index is 13.7. The number of methoxy groups -OCH3 is 1. The van der Waals surface area contributed by atoms with Gasteiger partial charge in [0.2, 0.25) is 5.91 Å². The fourth-order valence-corrected chi connectivity index (χ4v) is 6.69. The average Bonchev–Trinajstić information content (AvgIpc) is 3.21. The van der Waals surface area contributed by atoms with Crippen LogP contribution in [-0.2, 0) is 29.3 Å². The van der Waals surface area contributed by atoms with Gasteiger partial charge in [0.1, 0.15) is 6.54 Å². The van der Waals surface area contributed by atoms with Gasteiger partial charge in [0.05, 0.1) is 51.8 Å². The van der Waals surface area contributed by atoms with Crippen LogP contribution in [0.5, 0.6) is 0 Å². The summed E-state index contributed by atoms with van der Waals surface area (Å²) in [5, 5.41) is 2.92. The zero-order chi connectivity index (χ0) is 29.8. The van der Waals surface area contributed by atoms with E-state index in [0.29, 0.717) is 65.3 Å². The van der Waals surface area contributed by atoms with Crippen molar-refractivity contribution >= 4 is 11.9 Å². The van der Waals surface area contributed by atoms with E-state index >= 15 is 0 Å². The summed E-state index contributed by atoms with van der Waals surface area (Å²) in [7, 11) is 5.99. The van der Waals surface area contributed by atoms with Gasteiger partial charge < -0.3 is 34.1 Å². The molecule has 10 nitrogen and oxygen atoms in total. The van der Waals surface area contributed by atoms with Gasteiger partial charge in [0.25, 0.3) is 0 Å². The van der Waals surface area contributed by atoms with Gasteiger partial charge >= 0.3 is 6.03 Å². The second-order valence-electron chi connectivity index (χ2n) is 12.2. The number of nitrogens with zero attached hydrogens (tertiary/aromatic N) is 3. The second-order valence-corrected chi connectivity index (χ2v) is 12.2. The van der Waals surface area contributed by atoms with E-state index in [4.69, 9.17) is 18.9 Å². The first kappa shape index (κ1) is 32.7. The Balaban J connectivity index is 1.24. The second kappa shape index (κ2) is 16.0. The molecule has 3 amide bonds. The van der Waals surface area contributed by atoms with Crippen molar-refractivity contribution in [3.8, 4) is 0 Å². The molecule has 0 aromatic heterocycles. The van der Waals surface area contributed by atoms with E-state index in [9.17, 15) is 9.59 Å². The number of benzene rings is 1. The Morgan fingerprint density at radius 3 is 2.12 bits per heavy atom. The Bertz CT molecular complexity index is 965. The molecule has 1 N–H and O–H groups in total. The molecule has 1 spiro atoms. The lowest BCUT2D eigenvalue weighted by atomic mass is 9.68. The van der Waals surface area contributed by atoms with Crippen LogP contribution in [0.1, 0.15) is 50.5 Å². The Morgan fingerprint density at radius 2 is 1.55 bits per heavy atom. The highest BCUT2D eigenvalue weighted by Crippen LogP contribution is 2.49. The van der Waals surface area contributed by atoms with Gasteiger partial charge in [0, 0.05) is 32.3 Å². The van der Waals surface area contributed by atoms with Gasteiger partial charge in [-0.2, -0.15) is 0 Å². The summed E-state index contributed by atoms with van der Waals surface area (Å²) in [5.41, 5.74) is 1.10. The van der Waals surface area contributed by atoms with E-state index in [1.807, 2.05) is 0 Å². The van der Waals surface area contributed by atoms with Crippen LogP contribution in [-0.4, -0.2) is 126 Å². The fraction of sp³-hybridized carbons (Fsp3) is 0.750. The highest BCUT2D eigenvalue weighted by molar-refractivity contribution is 5.86. The number of ether oxygens (including phenoxy) is 4. The smallest absolute Gasteiger partial charge is 0.321 e. The minimum atomic E-state index is -0.209.